The zero-order chi connectivity index (χ0) is 24.9. The second-order valence-corrected chi connectivity index (χ2v) is 14.1. The van der Waals surface area contributed by atoms with E-state index < -0.39 is 0 Å². The average Bonchev–Trinajstić information content (AvgIpc) is 3.58. The van der Waals surface area contributed by atoms with Gasteiger partial charge >= 0.3 is 0 Å². The molecule has 0 spiro atoms. The van der Waals surface area contributed by atoms with Crippen molar-refractivity contribution in [3.8, 4) is 20.9 Å². The molecule has 0 saturated heterocycles. The first-order valence-corrected chi connectivity index (χ1v) is 14.5. The van der Waals surface area contributed by atoms with Gasteiger partial charge in [0.05, 0.1) is 11.7 Å². The van der Waals surface area contributed by atoms with E-state index in [1.54, 1.807) is 0 Å². The molecule has 0 amide bonds. The SMILES string of the molecule is C.C.C.C.Cc1cc2c(s1)-c1cc3c(cc1C2(C)C)-c1sc(C)cc1C3(C)C.Cc1ccc(C)c2nsnc12. The summed E-state index contributed by atoms with van der Waals surface area (Å²) >= 11 is 5.20. The Balaban J connectivity index is 0.000000306. The van der Waals surface area contributed by atoms with E-state index in [-0.39, 0.29) is 40.5 Å². The van der Waals surface area contributed by atoms with Crippen LogP contribution in [-0.4, -0.2) is 8.75 Å². The van der Waals surface area contributed by atoms with Crippen molar-refractivity contribution >= 4 is 45.4 Å². The van der Waals surface area contributed by atoms with Crippen LogP contribution in [0.2, 0.25) is 0 Å². The number of benzene rings is 2. The lowest BCUT2D eigenvalue weighted by Crippen LogP contribution is -2.16. The van der Waals surface area contributed by atoms with Gasteiger partial charge in [0.25, 0.3) is 0 Å². The van der Waals surface area contributed by atoms with Crippen molar-refractivity contribution in [1.29, 1.82) is 0 Å². The summed E-state index contributed by atoms with van der Waals surface area (Å²) in [6.07, 6.45) is 0. The van der Waals surface area contributed by atoms with Crippen molar-refractivity contribution in [3.05, 3.63) is 79.5 Å². The van der Waals surface area contributed by atoms with Gasteiger partial charge < -0.3 is 0 Å². The molecule has 7 rings (SSSR count). The second kappa shape index (κ2) is 10.9. The Morgan fingerprint density at radius 1 is 0.538 bits per heavy atom. The van der Waals surface area contributed by atoms with Gasteiger partial charge in [-0.15, -0.1) is 22.7 Å². The number of thiophene rings is 2. The van der Waals surface area contributed by atoms with Gasteiger partial charge in [-0.1, -0.05) is 69.5 Å². The molecule has 0 bridgehead atoms. The van der Waals surface area contributed by atoms with Crippen molar-refractivity contribution < 1.29 is 0 Å². The Hall–Kier alpha value is -2.34. The van der Waals surface area contributed by atoms with Crippen LogP contribution in [0.3, 0.4) is 0 Å². The topological polar surface area (TPSA) is 25.8 Å². The van der Waals surface area contributed by atoms with E-state index in [1.807, 2.05) is 22.7 Å². The number of hydrogen-bond donors (Lipinski definition) is 0. The van der Waals surface area contributed by atoms with E-state index in [0.29, 0.717) is 0 Å². The van der Waals surface area contributed by atoms with Crippen LogP contribution in [0.4, 0.5) is 0 Å². The van der Waals surface area contributed by atoms with Gasteiger partial charge in [-0.25, -0.2) is 0 Å². The van der Waals surface area contributed by atoms with E-state index in [1.165, 1.54) is 75.7 Å². The normalized spacial score (nSPS) is 14.3. The maximum atomic E-state index is 4.21. The Kier molecular flexibility index (Phi) is 9.20. The van der Waals surface area contributed by atoms with E-state index in [4.69, 9.17) is 0 Å². The molecule has 5 aromatic rings. The molecule has 0 fully saturated rings. The second-order valence-electron chi connectivity index (χ2n) is 11.1. The fourth-order valence-corrected chi connectivity index (χ4v) is 8.84. The summed E-state index contributed by atoms with van der Waals surface area (Å²) in [4.78, 5) is 5.84. The largest absolute Gasteiger partial charge is 0.173 e. The molecule has 3 heterocycles. The van der Waals surface area contributed by atoms with E-state index in [0.717, 1.165) is 11.0 Å². The van der Waals surface area contributed by atoms with Crippen LogP contribution in [0, 0.1) is 27.7 Å². The minimum atomic E-state index is 0. The highest BCUT2D eigenvalue weighted by Gasteiger charge is 2.43. The molecular weight excluding hydrogens is 533 g/mol. The summed E-state index contributed by atoms with van der Waals surface area (Å²) < 4.78 is 8.42. The molecule has 39 heavy (non-hydrogen) atoms. The molecule has 0 N–H and O–H groups in total. The molecule has 0 saturated carbocycles. The summed E-state index contributed by atoms with van der Waals surface area (Å²) in [6, 6.07) is 14.0. The fourth-order valence-electron chi connectivity index (χ4n) is 5.77. The van der Waals surface area contributed by atoms with Crippen LogP contribution in [0.25, 0.3) is 31.9 Å². The zero-order valence-corrected chi connectivity index (χ0v) is 24.0. The molecule has 0 radical (unpaired) electrons. The number of aromatic nitrogens is 2. The Labute approximate surface area is 249 Å². The van der Waals surface area contributed by atoms with Crippen molar-refractivity contribution in [3.63, 3.8) is 0 Å². The molecule has 2 aromatic carbocycles. The molecule has 2 aliphatic carbocycles. The predicted octanol–water partition coefficient (Wildman–Crippen LogP) is 11.9. The lowest BCUT2D eigenvalue weighted by atomic mass is 9.79. The zero-order valence-electron chi connectivity index (χ0n) is 21.6. The first kappa shape index (κ1) is 32.9. The van der Waals surface area contributed by atoms with Crippen molar-refractivity contribution in [2.24, 2.45) is 0 Å². The number of fused-ring (bicyclic) bond motifs is 7. The molecule has 0 unspecified atom stereocenters. The summed E-state index contributed by atoms with van der Waals surface area (Å²) in [7, 11) is 0. The van der Waals surface area contributed by atoms with Crippen molar-refractivity contribution in [2.45, 2.75) is 95.9 Å². The third kappa shape index (κ3) is 4.71. The molecule has 2 aliphatic rings. The van der Waals surface area contributed by atoms with E-state index >= 15 is 0 Å². The minimum absolute atomic E-state index is 0. The lowest BCUT2D eigenvalue weighted by molar-refractivity contribution is 0.652. The smallest absolute Gasteiger partial charge is 0.107 e. The van der Waals surface area contributed by atoms with Gasteiger partial charge in [0.15, 0.2) is 0 Å². The van der Waals surface area contributed by atoms with Gasteiger partial charge in [-0.05, 0) is 96.5 Å². The Bertz CT molecular complexity index is 1520. The summed E-state index contributed by atoms with van der Waals surface area (Å²) in [6.45, 7) is 18.1. The van der Waals surface area contributed by atoms with Gasteiger partial charge in [0.2, 0.25) is 0 Å². The molecule has 210 valence electrons. The van der Waals surface area contributed by atoms with Crippen LogP contribution in [0.15, 0.2) is 36.4 Å². The monoisotopic (exact) mass is 578 g/mol. The van der Waals surface area contributed by atoms with E-state index in [2.05, 4.69) is 101 Å². The van der Waals surface area contributed by atoms with Gasteiger partial charge in [0, 0.05) is 30.3 Å². The number of hydrogen-bond acceptors (Lipinski definition) is 5. The minimum Gasteiger partial charge on any atom is -0.173 e. The summed E-state index contributed by atoms with van der Waals surface area (Å²) in [5.74, 6) is 0. The molecule has 0 aliphatic heterocycles. The van der Waals surface area contributed by atoms with Crippen LogP contribution < -0.4 is 0 Å². The summed E-state index contributed by atoms with van der Waals surface area (Å²) in [5.41, 5.74) is 13.8. The van der Waals surface area contributed by atoms with Crippen LogP contribution in [-0.2, 0) is 10.8 Å². The van der Waals surface area contributed by atoms with Gasteiger partial charge in [-0.3, -0.25) is 0 Å². The third-order valence-corrected chi connectivity index (χ3v) is 10.6. The van der Waals surface area contributed by atoms with Crippen LogP contribution >= 0.6 is 34.4 Å². The van der Waals surface area contributed by atoms with E-state index in [9.17, 15) is 0 Å². The third-order valence-electron chi connectivity index (χ3n) is 7.87. The molecular formula is C34H46N2S3. The van der Waals surface area contributed by atoms with Gasteiger partial charge in [-0.2, -0.15) is 8.75 Å². The van der Waals surface area contributed by atoms with Crippen LogP contribution in [0.1, 0.15) is 101 Å². The molecule has 5 heteroatoms. The lowest BCUT2D eigenvalue weighted by Gasteiger charge is -2.24. The number of rotatable bonds is 0. The van der Waals surface area contributed by atoms with Gasteiger partial charge in [0.1, 0.15) is 11.0 Å². The fraction of sp³-hybridized carbons (Fsp3) is 0.412. The first-order chi connectivity index (χ1) is 16.5. The standard InChI is InChI=1S/C22H22S2.C8H8N2S.4CH4/c1-11-7-17-19(23-11)13-9-16-14(10-15(13)21(17,3)4)20-18(22(16,5)6)8-12(2)24-20;1-5-3-4-6(2)8-7(5)9-11-10-8;;;;/h7-10H,1-6H3;3-4H,1-2H3;4*1H4. The molecule has 3 aromatic heterocycles. The Morgan fingerprint density at radius 2 is 0.897 bits per heavy atom. The average molecular weight is 579 g/mol. The van der Waals surface area contributed by atoms with Crippen molar-refractivity contribution in [2.75, 3.05) is 0 Å². The highest BCUT2D eigenvalue weighted by atomic mass is 32.1. The molecule has 2 nitrogen and oxygen atoms in total. The van der Waals surface area contributed by atoms with Crippen LogP contribution in [0.5, 0.6) is 0 Å². The maximum Gasteiger partial charge on any atom is 0.107 e. The predicted molar refractivity (Wildman–Crippen MR) is 181 cm³/mol. The number of nitrogens with zero attached hydrogens (tertiary/aromatic N) is 2. The quantitative estimate of drug-likeness (QED) is 0.183. The first-order valence-electron chi connectivity index (χ1n) is 12.1. The molecule has 0 atom stereocenters. The highest BCUT2D eigenvalue weighted by molar-refractivity contribution is 7.16. The number of aryl methyl sites for hydroxylation is 4. The highest BCUT2D eigenvalue weighted by Crippen LogP contribution is 2.58. The maximum absolute atomic E-state index is 4.21. The Morgan fingerprint density at radius 3 is 1.26 bits per heavy atom. The van der Waals surface area contributed by atoms with Crippen molar-refractivity contribution in [1.82, 2.24) is 8.75 Å². The summed E-state index contributed by atoms with van der Waals surface area (Å²) in [5, 5.41) is 0.